The minimum absolute atomic E-state index is 0.861. The maximum Gasteiger partial charge on any atom is 0.143 e. The van der Waals surface area contributed by atoms with Gasteiger partial charge in [0.15, 0.2) is 0 Å². The van der Waals surface area contributed by atoms with Crippen molar-refractivity contribution >= 4 is 109 Å². The molecule has 15 aromatic rings. The second-order valence-corrected chi connectivity index (χ2v) is 17.8. The molecule has 0 bridgehead atoms. The predicted molar refractivity (Wildman–Crippen MR) is 280 cm³/mol. The lowest BCUT2D eigenvalue weighted by molar-refractivity contribution is 0.668. The van der Waals surface area contributed by atoms with Gasteiger partial charge in [-0.05, 0) is 125 Å². The van der Waals surface area contributed by atoms with Crippen LogP contribution in [0.3, 0.4) is 0 Å². The zero-order valence-electron chi connectivity index (χ0n) is 36.0. The van der Waals surface area contributed by atoms with Crippen molar-refractivity contribution in [2.45, 2.75) is 0 Å². The molecule has 0 aliphatic heterocycles. The average molecular weight is 853 g/mol. The minimum atomic E-state index is 0.861. The standard InChI is InChI=1S/C64H36O3/c1-3-18-45-43(16-1)60(37-29-32-57-53(34-37)40-14-9-11-26-55(40)65-57)44-17-2-4-19-46(44)62(45)39-28-31-42-51-24-13-25-52(64(51)67-59(42)36-39)63-49-22-7-5-20-47(49)61(48-21-6-8-23-50(48)63)38-30-33-58-54(35-38)41-15-10-12-27-56(41)66-58/h1-36H. The van der Waals surface area contributed by atoms with Crippen LogP contribution in [0.2, 0.25) is 0 Å². The summed E-state index contributed by atoms with van der Waals surface area (Å²) in [6.45, 7) is 0. The Balaban J connectivity index is 0.933. The fourth-order valence-corrected chi connectivity index (χ4v) is 11.4. The van der Waals surface area contributed by atoms with Gasteiger partial charge in [-0.25, -0.2) is 0 Å². The number of hydrogen-bond donors (Lipinski definition) is 0. The Kier molecular flexibility index (Phi) is 7.50. The number of rotatable bonds is 4. The third kappa shape index (κ3) is 5.22. The molecule has 15 rings (SSSR count). The summed E-state index contributed by atoms with van der Waals surface area (Å²) in [4.78, 5) is 0. The molecule has 0 saturated heterocycles. The Bertz CT molecular complexity index is 4460. The first kappa shape index (κ1) is 36.4. The van der Waals surface area contributed by atoms with Crippen LogP contribution in [0.4, 0.5) is 0 Å². The molecule has 0 fully saturated rings. The van der Waals surface area contributed by atoms with Gasteiger partial charge in [0.2, 0.25) is 0 Å². The van der Waals surface area contributed by atoms with Gasteiger partial charge >= 0.3 is 0 Å². The van der Waals surface area contributed by atoms with Crippen molar-refractivity contribution in [1.29, 1.82) is 0 Å². The monoisotopic (exact) mass is 852 g/mol. The van der Waals surface area contributed by atoms with E-state index in [0.29, 0.717) is 0 Å². The molecule has 0 N–H and O–H groups in total. The molecule has 310 valence electrons. The van der Waals surface area contributed by atoms with Crippen LogP contribution in [0.15, 0.2) is 232 Å². The summed E-state index contributed by atoms with van der Waals surface area (Å²) >= 11 is 0. The second-order valence-electron chi connectivity index (χ2n) is 17.8. The van der Waals surface area contributed by atoms with Gasteiger partial charge in [-0.1, -0.05) is 170 Å². The molecule has 0 unspecified atom stereocenters. The van der Waals surface area contributed by atoms with Gasteiger partial charge in [0.25, 0.3) is 0 Å². The second kappa shape index (κ2) is 13.8. The maximum absolute atomic E-state index is 7.16. The smallest absolute Gasteiger partial charge is 0.143 e. The molecular formula is C64H36O3. The molecule has 67 heavy (non-hydrogen) atoms. The summed E-state index contributed by atoms with van der Waals surface area (Å²) in [5, 5.41) is 16.2. The topological polar surface area (TPSA) is 39.4 Å². The van der Waals surface area contributed by atoms with E-state index in [1.54, 1.807) is 0 Å². The fourth-order valence-electron chi connectivity index (χ4n) is 11.4. The summed E-state index contributed by atoms with van der Waals surface area (Å²) in [5.74, 6) is 0. The summed E-state index contributed by atoms with van der Waals surface area (Å²) in [5.41, 5.74) is 14.7. The van der Waals surface area contributed by atoms with Gasteiger partial charge in [0, 0.05) is 43.4 Å². The van der Waals surface area contributed by atoms with Crippen molar-refractivity contribution in [2.75, 3.05) is 0 Å². The van der Waals surface area contributed by atoms with Gasteiger partial charge in [-0.3, -0.25) is 0 Å². The molecule has 3 heteroatoms. The number of furan rings is 3. The molecule has 0 aliphatic rings. The first-order valence-corrected chi connectivity index (χ1v) is 22.9. The van der Waals surface area contributed by atoms with Crippen LogP contribution in [0.5, 0.6) is 0 Å². The van der Waals surface area contributed by atoms with Crippen LogP contribution in [-0.4, -0.2) is 0 Å². The molecule has 3 nitrogen and oxygen atoms in total. The van der Waals surface area contributed by atoms with Crippen LogP contribution in [-0.2, 0) is 0 Å². The summed E-state index contributed by atoms with van der Waals surface area (Å²) < 4.78 is 19.7. The van der Waals surface area contributed by atoms with Gasteiger partial charge in [0.1, 0.15) is 33.5 Å². The molecule has 0 spiro atoms. The van der Waals surface area contributed by atoms with Gasteiger partial charge in [-0.2, -0.15) is 0 Å². The molecule has 3 aromatic heterocycles. The molecule has 12 aromatic carbocycles. The SMILES string of the molecule is c1ccc2c(c1)oc1ccc(-c3c4ccccc4c(-c4ccc5c(c4)oc4c(-c6c7ccccc7c(-c7ccc8oc9ccccc9c8c7)c7ccccc67)cccc45)c4ccccc34)cc12. The first-order valence-electron chi connectivity index (χ1n) is 22.9. The molecule has 0 atom stereocenters. The fraction of sp³-hybridized carbons (Fsp3) is 0. The van der Waals surface area contributed by atoms with Crippen molar-refractivity contribution in [1.82, 2.24) is 0 Å². The number of hydrogen-bond acceptors (Lipinski definition) is 3. The number of fused-ring (bicyclic) bond motifs is 13. The lowest BCUT2D eigenvalue weighted by Gasteiger charge is -2.18. The van der Waals surface area contributed by atoms with Crippen molar-refractivity contribution in [3.05, 3.63) is 218 Å². The van der Waals surface area contributed by atoms with E-state index in [4.69, 9.17) is 13.3 Å². The average Bonchev–Trinajstić information content (AvgIpc) is 4.08. The maximum atomic E-state index is 7.16. The van der Waals surface area contributed by atoms with Gasteiger partial charge < -0.3 is 13.3 Å². The van der Waals surface area contributed by atoms with E-state index in [-0.39, 0.29) is 0 Å². The Hall–Kier alpha value is -8.92. The van der Waals surface area contributed by atoms with Crippen LogP contribution in [0.25, 0.3) is 153 Å². The lowest BCUT2D eigenvalue weighted by Crippen LogP contribution is -1.91. The highest BCUT2D eigenvalue weighted by Crippen LogP contribution is 2.49. The van der Waals surface area contributed by atoms with Gasteiger partial charge in [-0.15, -0.1) is 0 Å². The zero-order chi connectivity index (χ0) is 43.7. The largest absolute Gasteiger partial charge is 0.456 e. The van der Waals surface area contributed by atoms with E-state index in [1.165, 1.54) is 70.9 Å². The highest BCUT2D eigenvalue weighted by Gasteiger charge is 2.23. The lowest BCUT2D eigenvalue weighted by atomic mass is 9.85. The molecule has 0 saturated carbocycles. The van der Waals surface area contributed by atoms with Crippen molar-refractivity contribution in [2.24, 2.45) is 0 Å². The van der Waals surface area contributed by atoms with E-state index >= 15 is 0 Å². The Morgan fingerprint density at radius 2 is 0.537 bits per heavy atom. The van der Waals surface area contributed by atoms with E-state index < -0.39 is 0 Å². The quantitative estimate of drug-likeness (QED) is 0.166. The molecule has 3 heterocycles. The molecule has 0 aliphatic carbocycles. The van der Waals surface area contributed by atoms with Crippen LogP contribution in [0.1, 0.15) is 0 Å². The summed E-state index contributed by atoms with van der Waals surface area (Å²) in [6, 6.07) is 78.6. The molecule has 0 radical (unpaired) electrons. The third-order valence-corrected chi connectivity index (χ3v) is 14.3. The summed E-state index contributed by atoms with van der Waals surface area (Å²) in [6.07, 6.45) is 0. The Labute approximate surface area is 383 Å². The third-order valence-electron chi connectivity index (χ3n) is 14.3. The van der Waals surface area contributed by atoms with E-state index in [1.807, 2.05) is 24.3 Å². The normalized spacial score (nSPS) is 12.2. The Morgan fingerprint density at radius 1 is 0.194 bits per heavy atom. The van der Waals surface area contributed by atoms with Gasteiger partial charge in [0.05, 0.1) is 0 Å². The predicted octanol–water partition coefficient (Wildman–Crippen LogP) is 18.7. The van der Waals surface area contributed by atoms with Crippen LogP contribution in [0, 0.1) is 0 Å². The zero-order valence-corrected chi connectivity index (χ0v) is 36.0. The molecule has 0 amide bonds. The number of benzene rings is 12. The van der Waals surface area contributed by atoms with E-state index in [9.17, 15) is 0 Å². The molecular weight excluding hydrogens is 817 g/mol. The summed E-state index contributed by atoms with van der Waals surface area (Å²) in [7, 11) is 0. The van der Waals surface area contributed by atoms with Crippen molar-refractivity contribution < 1.29 is 13.3 Å². The highest BCUT2D eigenvalue weighted by molar-refractivity contribution is 6.26. The van der Waals surface area contributed by atoms with Crippen LogP contribution >= 0.6 is 0 Å². The highest BCUT2D eigenvalue weighted by atomic mass is 16.3. The number of para-hydroxylation sites is 3. The Morgan fingerprint density at radius 3 is 1.00 bits per heavy atom. The van der Waals surface area contributed by atoms with E-state index in [2.05, 4.69) is 194 Å². The van der Waals surface area contributed by atoms with Crippen molar-refractivity contribution in [3.8, 4) is 44.5 Å². The van der Waals surface area contributed by atoms with Crippen molar-refractivity contribution in [3.63, 3.8) is 0 Å². The van der Waals surface area contributed by atoms with E-state index in [0.717, 1.165) is 82.5 Å². The first-order chi connectivity index (χ1) is 33.2. The minimum Gasteiger partial charge on any atom is -0.456 e. The van der Waals surface area contributed by atoms with Crippen LogP contribution < -0.4 is 0 Å².